The fraction of sp³-hybridized carbons (Fsp3) is 0.214. The number of hydrogen-bond acceptors (Lipinski definition) is 2. The first-order chi connectivity index (χ1) is 8.75. The molecule has 1 aromatic carbocycles. The molecular weight excluding hydrogens is 249 g/mol. The van der Waals surface area contributed by atoms with Gasteiger partial charge in [-0.05, 0) is 34.9 Å². The van der Waals surface area contributed by atoms with E-state index < -0.39 is 0 Å². The van der Waals surface area contributed by atoms with Crippen molar-refractivity contribution in [1.82, 2.24) is 5.32 Å². The number of hydrogen-bond donors (Lipinski definition) is 1. The minimum absolute atomic E-state index is 0.0514. The van der Waals surface area contributed by atoms with E-state index in [4.69, 9.17) is 0 Å². The Morgan fingerprint density at radius 2 is 2.11 bits per heavy atom. The Hall–Kier alpha value is -1.68. The molecule has 0 unspecified atom stereocenters. The molecule has 0 saturated carbocycles. The van der Waals surface area contributed by atoms with Gasteiger partial charge in [0.25, 0.3) is 0 Å². The third-order valence-electron chi connectivity index (χ3n) is 2.65. The van der Waals surface area contributed by atoms with Crippen molar-refractivity contribution in [2.45, 2.75) is 19.4 Å². The SMILES string of the molecule is O=C(CCc1ccsc1)NCc1ccccc1F. The maximum atomic E-state index is 13.3. The summed E-state index contributed by atoms with van der Waals surface area (Å²) in [5.41, 5.74) is 1.68. The molecule has 94 valence electrons. The van der Waals surface area contributed by atoms with Crippen molar-refractivity contribution in [1.29, 1.82) is 0 Å². The summed E-state index contributed by atoms with van der Waals surface area (Å²) in [6, 6.07) is 8.48. The Bertz CT molecular complexity index is 510. The minimum atomic E-state index is -0.282. The van der Waals surface area contributed by atoms with Gasteiger partial charge in [0.1, 0.15) is 5.82 Å². The number of carbonyl (C=O) groups is 1. The molecule has 18 heavy (non-hydrogen) atoms. The Labute approximate surface area is 109 Å². The first kappa shape index (κ1) is 12.8. The smallest absolute Gasteiger partial charge is 0.220 e. The molecule has 0 aliphatic rings. The third kappa shape index (κ3) is 3.67. The Balaban J connectivity index is 1.77. The summed E-state index contributed by atoms with van der Waals surface area (Å²) in [5, 5.41) is 6.75. The molecule has 1 N–H and O–H groups in total. The van der Waals surface area contributed by atoms with E-state index in [9.17, 15) is 9.18 Å². The average molecular weight is 263 g/mol. The van der Waals surface area contributed by atoms with E-state index in [2.05, 4.69) is 5.32 Å². The fourth-order valence-electron chi connectivity index (χ4n) is 1.62. The zero-order valence-electron chi connectivity index (χ0n) is 9.86. The number of carbonyl (C=O) groups excluding carboxylic acids is 1. The predicted molar refractivity (Wildman–Crippen MR) is 70.9 cm³/mol. The zero-order chi connectivity index (χ0) is 12.8. The van der Waals surface area contributed by atoms with Crippen molar-refractivity contribution in [3.05, 3.63) is 58.0 Å². The summed E-state index contributed by atoms with van der Waals surface area (Å²) in [4.78, 5) is 11.6. The maximum Gasteiger partial charge on any atom is 0.220 e. The number of halogens is 1. The molecule has 2 nitrogen and oxygen atoms in total. The average Bonchev–Trinajstić information content (AvgIpc) is 2.88. The molecule has 0 atom stereocenters. The van der Waals surface area contributed by atoms with Crippen LogP contribution in [0.15, 0.2) is 41.1 Å². The van der Waals surface area contributed by atoms with E-state index in [-0.39, 0.29) is 18.3 Å². The molecule has 0 saturated heterocycles. The lowest BCUT2D eigenvalue weighted by molar-refractivity contribution is -0.121. The van der Waals surface area contributed by atoms with E-state index >= 15 is 0 Å². The van der Waals surface area contributed by atoms with E-state index in [1.807, 2.05) is 16.8 Å². The van der Waals surface area contributed by atoms with Gasteiger partial charge in [-0.3, -0.25) is 4.79 Å². The number of aryl methyl sites for hydroxylation is 1. The highest BCUT2D eigenvalue weighted by molar-refractivity contribution is 7.07. The van der Waals surface area contributed by atoms with Gasteiger partial charge < -0.3 is 5.32 Å². The second-order valence-corrected chi connectivity index (χ2v) is 4.78. The van der Waals surface area contributed by atoms with Crippen molar-refractivity contribution in [2.24, 2.45) is 0 Å². The molecule has 0 fully saturated rings. The Kier molecular flexibility index (Phi) is 4.47. The van der Waals surface area contributed by atoms with Gasteiger partial charge in [-0.2, -0.15) is 11.3 Å². The summed E-state index contributed by atoms with van der Waals surface area (Å²) >= 11 is 1.62. The van der Waals surface area contributed by atoms with Crippen LogP contribution in [0.3, 0.4) is 0 Å². The highest BCUT2D eigenvalue weighted by Gasteiger charge is 2.05. The highest BCUT2D eigenvalue weighted by Crippen LogP contribution is 2.09. The molecule has 0 spiro atoms. The number of nitrogens with one attached hydrogen (secondary N) is 1. The van der Waals surface area contributed by atoms with Gasteiger partial charge in [-0.1, -0.05) is 18.2 Å². The fourth-order valence-corrected chi connectivity index (χ4v) is 2.32. The lowest BCUT2D eigenvalue weighted by Crippen LogP contribution is -2.23. The molecule has 0 radical (unpaired) electrons. The van der Waals surface area contributed by atoms with Gasteiger partial charge in [-0.15, -0.1) is 0 Å². The summed E-state index contributed by atoms with van der Waals surface area (Å²) in [7, 11) is 0. The number of thiophene rings is 1. The first-order valence-corrected chi connectivity index (χ1v) is 6.71. The van der Waals surface area contributed by atoms with Gasteiger partial charge in [-0.25, -0.2) is 4.39 Å². The van der Waals surface area contributed by atoms with Crippen molar-refractivity contribution in [3.63, 3.8) is 0 Å². The predicted octanol–water partition coefficient (Wildman–Crippen LogP) is 3.14. The van der Waals surface area contributed by atoms with Gasteiger partial charge in [0.15, 0.2) is 0 Å². The van der Waals surface area contributed by atoms with Crippen LogP contribution in [0.2, 0.25) is 0 Å². The van der Waals surface area contributed by atoms with Crippen LogP contribution >= 0.6 is 11.3 Å². The van der Waals surface area contributed by atoms with Crippen LogP contribution in [0.1, 0.15) is 17.5 Å². The molecule has 2 aromatic rings. The van der Waals surface area contributed by atoms with Crippen LogP contribution in [0.4, 0.5) is 4.39 Å². The van der Waals surface area contributed by atoms with E-state index in [1.165, 1.54) is 11.6 Å². The van der Waals surface area contributed by atoms with Gasteiger partial charge >= 0.3 is 0 Å². The molecule has 1 aromatic heterocycles. The molecule has 0 bridgehead atoms. The van der Waals surface area contributed by atoms with Crippen LogP contribution < -0.4 is 5.32 Å². The number of amides is 1. The maximum absolute atomic E-state index is 13.3. The van der Waals surface area contributed by atoms with E-state index in [0.717, 1.165) is 6.42 Å². The molecule has 0 aliphatic heterocycles. The lowest BCUT2D eigenvalue weighted by atomic mass is 10.2. The minimum Gasteiger partial charge on any atom is -0.352 e. The standard InChI is InChI=1S/C14H14FNOS/c15-13-4-2-1-3-12(13)9-16-14(17)6-5-11-7-8-18-10-11/h1-4,7-8,10H,5-6,9H2,(H,16,17). The van der Waals surface area contributed by atoms with Crippen LogP contribution in [-0.2, 0) is 17.8 Å². The van der Waals surface area contributed by atoms with Crippen LogP contribution in [0.25, 0.3) is 0 Å². The Morgan fingerprint density at radius 1 is 1.28 bits per heavy atom. The summed E-state index contributed by atoms with van der Waals surface area (Å²) in [5.74, 6) is -0.333. The summed E-state index contributed by atoms with van der Waals surface area (Å²) < 4.78 is 13.3. The second-order valence-electron chi connectivity index (χ2n) is 4.00. The zero-order valence-corrected chi connectivity index (χ0v) is 10.7. The van der Waals surface area contributed by atoms with Crippen LogP contribution in [0.5, 0.6) is 0 Å². The summed E-state index contributed by atoms with van der Waals surface area (Å²) in [6.45, 7) is 0.245. The molecule has 4 heteroatoms. The number of benzene rings is 1. The quantitative estimate of drug-likeness (QED) is 0.882. The molecule has 1 heterocycles. The molecule has 0 aliphatic carbocycles. The van der Waals surface area contributed by atoms with Crippen molar-refractivity contribution >= 4 is 17.2 Å². The normalized spacial score (nSPS) is 10.3. The van der Waals surface area contributed by atoms with Gasteiger partial charge in [0, 0.05) is 18.5 Å². The van der Waals surface area contributed by atoms with Gasteiger partial charge in [0.05, 0.1) is 0 Å². The highest BCUT2D eigenvalue weighted by atomic mass is 32.1. The number of rotatable bonds is 5. The van der Waals surface area contributed by atoms with Crippen molar-refractivity contribution in [2.75, 3.05) is 0 Å². The largest absolute Gasteiger partial charge is 0.352 e. The topological polar surface area (TPSA) is 29.1 Å². The molecular formula is C14H14FNOS. The molecule has 2 rings (SSSR count). The first-order valence-electron chi connectivity index (χ1n) is 5.77. The monoisotopic (exact) mass is 263 g/mol. The second kappa shape index (κ2) is 6.31. The van der Waals surface area contributed by atoms with Crippen LogP contribution in [0, 0.1) is 5.82 Å². The van der Waals surface area contributed by atoms with Crippen LogP contribution in [-0.4, -0.2) is 5.91 Å². The summed E-state index contributed by atoms with van der Waals surface area (Å²) in [6.07, 6.45) is 1.16. The van der Waals surface area contributed by atoms with E-state index in [0.29, 0.717) is 12.0 Å². The van der Waals surface area contributed by atoms with Crippen molar-refractivity contribution < 1.29 is 9.18 Å². The Morgan fingerprint density at radius 3 is 2.83 bits per heavy atom. The molecule has 1 amide bonds. The van der Waals surface area contributed by atoms with Crippen molar-refractivity contribution in [3.8, 4) is 0 Å². The lowest BCUT2D eigenvalue weighted by Gasteiger charge is -2.05. The third-order valence-corrected chi connectivity index (χ3v) is 3.39. The van der Waals surface area contributed by atoms with Gasteiger partial charge in [0.2, 0.25) is 5.91 Å². The van der Waals surface area contributed by atoms with E-state index in [1.54, 1.807) is 29.5 Å².